The van der Waals surface area contributed by atoms with Crippen LogP contribution in [0.4, 0.5) is 13.2 Å². The van der Waals surface area contributed by atoms with E-state index in [2.05, 4.69) is 25.3 Å². The molecule has 2 rings (SSSR count). The maximum atomic E-state index is 12.5. The summed E-state index contributed by atoms with van der Waals surface area (Å²) in [6.45, 7) is -0.254. The quantitative estimate of drug-likeness (QED) is 0.771. The van der Waals surface area contributed by atoms with Crippen LogP contribution >= 0.6 is 0 Å². The molecular formula is C13H12F3N5O4. The van der Waals surface area contributed by atoms with E-state index in [1.807, 2.05) is 0 Å². The largest absolute Gasteiger partial charge is 0.480 e. The molecular weight excluding hydrogens is 347 g/mol. The van der Waals surface area contributed by atoms with Crippen LogP contribution in [0.25, 0.3) is 5.82 Å². The number of pyridine rings is 1. The van der Waals surface area contributed by atoms with E-state index in [0.717, 1.165) is 23.0 Å². The second-order valence-electron chi connectivity index (χ2n) is 4.77. The molecule has 1 atom stereocenters. The molecule has 134 valence electrons. The lowest BCUT2D eigenvalue weighted by Crippen LogP contribution is -2.43. The van der Waals surface area contributed by atoms with Crippen molar-refractivity contribution in [2.24, 2.45) is 0 Å². The number of aliphatic carboxylic acids is 1. The van der Waals surface area contributed by atoms with Crippen LogP contribution < -0.4 is 5.32 Å². The first-order chi connectivity index (χ1) is 11.7. The number of alkyl halides is 3. The zero-order valence-electron chi connectivity index (χ0n) is 12.7. The number of carbonyl (C=O) groups excluding carboxylic acids is 1. The lowest BCUT2D eigenvalue weighted by atomic mass is 10.3. The van der Waals surface area contributed by atoms with Crippen molar-refractivity contribution in [1.82, 2.24) is 25.3 Å². The molecule has 2 aromatic heterocycles. The highest BCUT2D eigenvalue weighted by Gasteiger charge is 2.30. The zero-order valence-corrected chi connectivity index (χ0v) is 12.7. The van der Waals surface area contributed by atoms with Crippen LogP contribution in [0.5, 0.6) is 0 Å². The Morgan fingerprint density at radius 1 is 1.40 bits per heavy atom. The smallest absolute Gasteiger partial charge is 0.417 e. The van der Waals surface area contributed by atoms with Crippen LogP contribution in [-0.2, 0) is 15.7 Å². The first-order valence-electron chi connectivity index (χ1n) is 6.71. The van der Waals surface area contributed by atoms with Gasteiger partial charge in [-0.05, 0) is 12.1 Å². The number of nitrogens with one attached hydrogen (secondary N) is 1. The fraction of sp³-hybridized carbons (Fsp3) is 0.308. The Kier molecular flexibility index (Phi) is 5.32. The molecule has 0 aliphatic rings. The fourth-order valence-corrected chi connectivity index (χ4v) is 1.74. The van der Waals surface area contributed by atoms with Crippen LogP contribution in [-0.4, -0.2) is 56.7 Å². The minimum absolute atomic E-state index is 0.00576. The molecule has 0 saturated heterocycles. The summed E-state index contributed by atoms with van der Waals surface area (Å²) in [4.78, 5) is 26.5. The summed E-state index contributed by atoms with van der Waals surface area (Å²) in [5.74, 6) is -2.12. The number of hydrogen-bond acceptors (Lipinski definition) is 6. The Balaban J connectivity index is 2.14. The van der Waals surface area contributed by atoms with Crippen molar-refractivity contribution >= 4 is 11.9 Å². The summed E-state index contributed by atoms with van der Waals surface area (Å²) in [7, 11) is 1.27. The second kappa shape index (κ2) is 7.25. The summed E-state index contributed by atoms with van der Waals surface area (Å²) in [5.41, 5.74) is -1.16. The number of rotatable bonds is 6. The van der Waals surface area contributed by atoms with Crippen molar-refractivity contribution in [2.75, 3.05) is 13.7 Å². The van der Waals surface area contributed by atoms with E-state index < -0.39 is 29.7 Å². The van der Waals surface area contributed by atoms with Crippen molar-refractivity contribution in [3.8, 4) is 5.82 Å². The van der Waals surface area contributed by atoms with E-state index in [9.17, 15) is 22.8 Å². The van der Waals surface area contributed by atoms with Gasteiger partial charge in [0.1, 0.15) is 0 Å². The highest BCUT2D eigenvalue weighted by molar-refractivity contribution is 5.94. The summed E-state index contributed by atoms with van der Waals surface area (Å²) in [6.07, 6.45) is -2.79. The Morgan fingerprint density at radius 2 is 2.12 bits per heavy atom. The van der Waals surface area contributed by atoms with Gasteiger partial charge in [-0.3, -0.25) is 4.79 Å². The van der Waals surface area contributed by atoms with Gasteiger partial charge in [-0.1, -0.05) is 5.21 Å². The molecule has 2 aromatic rings. The number of nitrogens with zero attached hydrogens (tertiary/aromatic N) is 4. The van der Waals surface area contributed by atoms with Gasteiger partial charge >= 0.3 is 12.1 Å². The first-order valence-corrected chi connectivity index (χ1v) is 6.71. The fourth-order valence-electron chi connectivity index (χ4n) is 1.74. The molecule has 0 saturated carbocycles. The predicted octanol–water partition coefficient (Wildman–Crippen LogP) is 0.510. The third-order valence-corrected chi connectivity index (χ3v) is 2.97. The second-order valence-corrected chi connectivity index (χ2v) is 4.77. The molecule has 0 bridgehead atoms. The van der Waals surface area contributed by atoms with Crippen molar-refractivity contribution in [3.63, 3.8) is 0 Å². The zero-order chi connectivity index (χ0) is 18.6. The molecule has 1 unspecified atom stereocenters. The molecule has 0 spiro atoms. The van der Waals surface area contributed by atoms with Crippen LogP contribution in [0.2, 0.25) is 0 Å². The van der Waals surface area contributed by atoms with Gasteiger partial charge in [0.2, 0.25) is 0 Å². The molecule has 2 heterocycles. The number of hydrogen-bond donors (Lipinski definition) is 2. The number of amides is 1. The minimum Gasteiger partial charge on any atom is -0.480 e. The van der Waals surface area contributed by atoms with Crippen LogP contribution in [0.1, 0.15) is 16.1 Å². The summed E-state index contributed by atoms with van der Waals surface area (Å²) >= 11 is 0. The van der Waals surface area contributed by atoms with Crippen molar-refractivity contribution < 1.29 is 32.6 Å². The average molecular weight is 359 g/mol. The van der Waals surface area contributed by atoms with E-state index in [4.69, 9.17) is 5.11 Å². The predicted molar refractivity (Wildman–Crippen MR) is 74.9 cm³/mol. The van der Waals surface area contributed by atoms with Crippen molar-refractivity contribution in [1.29, 1.82) is 0 Å². The first kappa shape index (κ1) is 18.3. The Bertz CT molecular complexity index is 760. The standard InChI is InChI=1S/C13H12F3N5O4/c1-25-6-9(12(23)24)18-11(22)8-5-21(20-19-8)10-3-2-7(4-17-10)13(14,15)16/h2-5,9H,6H2,1H3,(H,18,22)(H,23,24). The number of methoxy groups -OCH3 is 1. The van der Waals surface area contributed by atoms with Crippen LogP contribution in [0.15, 0.2) is 24.5 Å². The van der Waals surface area contributed by atoms with Gasteiger partial charge in [-0.2, -0.15) is 13.2 Å². The molecule has 25 heavy (non-hydrogen) atoms. The van der Waals surface area contributed by atoms with Gasteiger partial charge in [-0.25, -0.2) is 14.5 Å². The molecule has 0 radical (unpaired) electrons. The lowest BCUT2D eigenvalue weighted by molar-refractivity contribution is -0.140. The minimum atomic E-state index is -4.52. The normalized spacial score (nSPS) is 12.6. The summed E-state index contributed by atoms with van der Waals surface area (Å²) in [6, 6.07) is 0.583. The van der Waals surface area contributed by atoms with E-state index >= 15 is 0 Å². The van der Waals surface area contributed by atoms with Crippen molar-refractivity contribution in [3.05, 3.63) is 35.8 Å². The van der Waals surface area contributed by atoms with Crippen molar-refractivity contribution in [2.45, 2.75) is 12.2 Å². The van der Waals surface area contributed by atoms with Gasteiger partial charge in [0, 0.05) is 13.3 Å². The molecule has 0 aromatic carbocycles. The number of carboxylic acid groups (broad SMARTS) is 1. The average Bonchev–Trinajstić information content (AvgIpc) is 3.03. The van der Waals surface area contributed by atoms with Gasteiger partial charge in [0.25, 0.3) is 5.91 Å². The number of aromatic nitrogens is 4. The van der Waals surface area contributed by atoms with Gasteiger partial charge < -0.3 is 15.2 Å². The van der Waals surface area contributed by atoms with E-state index in [0.29, 0.717) is 6.20 Å². The molecule has 0 aliphatic carbocycles. The molecule has 1 amide bonds. The van der Waals surface area contributed by atoms with Gasteiger partial charge in [-0.15, -0.1) is 5.10 Å². The Hall–Kier alpha value is -3.02. The maximum Gasteiger partial charge on any atom is 0.417 e. The van der Waals surface area contributed by atoms with Gasteiger partial charge in [0.15, 0.2) is 17.6 Å². The molecule has 2 N–H and O–H groups in total. The summed E-state index contributed by atoms with van der Waals surface area (Å²) in [5, 5.41) is 18.2. The van der Waals surface area contributed by atoms with E-state index in [1.165, 1.54) is 7.11 Å². The number of carbonyl (C=O) groups is 2. The molecule has 0 fully saturated rings. The third kappa shape index (κ3) is 4.50. The van der Waals surface area contributed by atoms with Crippen LogP contribution in [0, 0.1) is 0 Å². The SMILES string of the molecule is COCC(NC(=O)c1cn(-c2ccc(C(F)(F)F)cn2)nn1)C(=O)O. The summed E-state index contributed by atoms with van der Waals surface area (Å²) < 4.78 is 43.2. The molecule has 9 nitrogen and oxygen atoms in total. The molecule has 0 aliphatic heterocycles. The highest BCUT2D eigenvalue weighted by atomic mass is 19.4. The number of ether oxygens (including phenoxy) is 1. The van der Waals surface area contributed by atoms with Crippen LogP contribution in [0.3, 0.4) is 0 Å². The number of carboxylic acids is 1. The highest BCUT2D eigenvalue weighted by Crippen LogP contribution is 2.28. The van der Waals surface area contributed by atoms with E-state index in [1.54, 1.807) is 0 Å². The maximum absolute atomic E-state index is 12.5. The monoisotopic (exact) mass is 359 g/mol. The van der Waals surface area contributed by atoms with E-state index in [-0.39, 0.29) is 18.1 Å². The lowest BCUT2D eigenvalue weighted by Gasteiger charge is -2.11. The Labute approximate surface area is 138 Å². The topological polar surface area (TPSA) is 119 Å². The third-order valence-electron chi connectivity index (χ3n) is 2.97. The molecule has 12 heteroatoms. The number of halogens is 3. The Morgan fingerprint density at radius 3 is 2.64 bits per heavy atom. The van der Waals surface area contributed by atoms with Gasteiger partial charge in [0.05, 0.1) is 18.4 Å².